The molecule has 1 aromatic heterocycles. The molecule has 3 aromatic rings. The molecule has 0 bridgehead atoms. The Labute approximate surface area is 176 Å². The van der Waals surface area contributed by atoms with Gasteiger partial charge in [0.05, 0.1) is 6.04 Å². The van der Waals surface area contributed by atoms with Crippen molar-refractivity contribution >= 4 is 22.7 Å². The van der Waals surface area contributed by atoms with Crippen LogP contribution in [0.3, 0.4) is 0 Å². The Hall–Kier alpha value is -3.34. The highest BCUT2D eigenvalue weighted by molar-refractivity contribution is 5.94. The van der Waals surface area contributed by atoms with E-state index >= 15 is 0 Å². The first-order valence-corrected chi connectivity index (χ1v) is 10.4. The fraction of sp³-hybridized carbons (Fsp3) is 0.280. The second-order valence-corrected chi connectivity index (χ2v) is 8.02. The van der Waals surface area contributed by atoms with Gasteiger partial charge < -0.3 is 15.2 Å². The highest BCUT2D eigenvalue weighted by Crippen LogP contribution is 2.30. The molecule has 2 N–H and O–H groups in total. The molecule has 1 aliphatic heterocycles. The SMILES string of the molecule is CC(=O)N1[C@H](Cc2ccccc2)C=C[C@]1(C)C(=O)NCCc1c[nH]c2ccccc12. The van der Waals surface area contributed by atoms with Gasteiger partial charge in [0.25, 0.3) is 0 Å². The lowest BCUT2D eigenvalue weighted by atomic mass is 9.99. The molecule has 0 saturated heterocycles. The van der Waals surface area contributed by atoms with Crippen molar-refractivity contribution in [2.75, 3.05) is 6.54 Å². The van der Waals surface area contributed by atoms with Crippen LogP contribution >= 0.6 is 0 Å². The first-order valence-electron chi connectivity index (χ1n) is 10.4. The summed E-state index contributed by atoms with van der Waals surface area (Å²) in [4.78, 5) is 30.5. The van der Waals surface area contributed by atoms with Crippen molar-refractivity contribution in [3.05, 3.63) is 84.1 Å². The molecule has 2 aromatic carbocycles. The summed E-state index contributed by atoms with van der Waals surface area (Å²) in [5.74, 6) is -0.250. The van der Waals surface area contributed by atoms with Gasteiger partial charge in [-0.2, -0.15) is 0 Å². The topological polar surface area (TPSA) is 65.2 Å². The van der Waals surface area contributed by atoms with E-state index in [1.54, 1.807) is 4.90 Å². The zero-order valence-corrected chi connectivity index (χ0v) is 17.4. The molecule has 5 nitrogen and oxygen atoms in total. The van der Waals surface area contributed by atoms with Crippen molar-refractivity contribution in [1.29, 1.82) is 0 Å². The predicted octanol–water partition coefficient (Wildman–Crippen LogP) is 3.61. The van der Waals surface area contributed by atoms with Gasteiger partial charge in [0.1, 0.15) is 5.54 Å². The number of hydrogen-bond donors (Lipinski definition) is 2. The van der Waals surface area contributed by atoms with Gasteiger partial charge in [0.15, 0.2) is 0 Å². The maximum absolute atomic E-state index is 13.1. The quantitative estimate of drug-likeness (QED) is 0.620. The number of carbonyl (C=O) groups is 2. The average molecular weight is 402 g/mol. The van der Waals surface area contributed by atoms with Crippen molar-refractivity contribution < 1.29 is 9.59 Å². The normalized spacial score (nSPS) is 20.6. The number of H-pyrrole nitrogens is 1. The molecular weight excluding hydrogens is 374 g/mol. The van der Waals surface area contributed by atoms with Crippen molar-refractivity contribution in [1.82, 2.24) is 15.2 Å². The number of para-hydroxylation sites is 1. The second-order valence-electron chi connectivity index (χ2n) is 8.02. The summed E-state index contributed by atoms with van der Waals surface area (Å²) in [7, 11) is 0. The van der Waals surface area contributed by atoms with Crippen LogP contribution in [0.4, 0.5) is 0 Å². The van der Waals surface area contributed by atoms with E-state index in [4.69, 9.17) is 0 Å². The van der Waals surface area contributed by atoms with E-state index in [0.717, 1.165) is 17.5 Å². The number of nitrogens with one attached hydrogen (secondary N) is 2. The van der Waals surface area contributed by atoms with Crippen molar-refractivity contribution in [2.24, 2.45) is 0 Å². The Morgan fingerprint density at radius 2 is 1.83 bits per heavy atom. The van der Waals surface area contributed by atoms with Crippen LogP contribution in [0.15, 0.2) is 72.9 Å². The fourth-order valence-corrected chi connectivity index (χ4v) is 4.40. The summed E-state index contributed by atoms with van der Waals surface area (Å²) in [5.41, 5.74) is 2.42. The van der Waals surface area contributed by atoms with E-state index in [0.29, 0.717) is 13.0 Å². The van der Waals surface area contributed by atoms with Crippen LogP contribution in [-0.4, -0.2) is 39.8 Å². The minimum absolute atomic E-state index is 0.102. The number of aromatic nitrogens is 1. The zero-order valence-electron chi connectivity index (χ0n) is 17.4. The van der Waals surface area contributed by atoms with Gasteiger partial charge in [-0.25, -0.2) is 0 Å². The van der Waals surface area contributed by atoms with Crippen LogP contribution in [0.2, 0.25) is 0 Å². The molecule has 30 heavy (non-hydrogen) atoms. The van der Waals surface area contributed by atoms with E-state index in [1.807, 2.05) is 73.8 Å². The summed E-state index contributed by atoms with van der Waals surface area (Å²) < 4.78 is 0. The highest BCUT2D eigenvalue weighted by atomic mass is 16.2. The van der Waals surface area contributed by atoms with E-state index in [-0.39, 0.29) is 17.9 Å². The lowest BCUT2D eigenvalue weighted by Gasteiger charge is -2.37. The van der Waals surface area contributed by atoms with Gasteiger partial charge in [-0.3, -0.25) is 9.59 Å². The molecule has 0 fully saturated rings. The highest BCUT2D eigenvalue weighted by Gasteiger charge is 2.45. The number of hydrogen-bond acceptors (Lipinski definition) is 2. The Morgan fingerprint density at radius 1 is 1.10 bits per heavy atom. The summed E-state index contributed by atoms with van der Waals surface area (Å²) >= 11 is 0. The van der Waals surface area contributed by atoms with Gasteiger partial charge in [0.2, 0.25) is 11.8 Å². The largest absolute Gasteiger partial charge is 0.361 e. The van der Waals surface area contributed by atoms with Gasteiger partial charge in [0, 0.05) is 30.6 Å². The number of aromatic amines is 1. The lowest BCUT2D eigenvalue weighted by Crippen LogP contribution is -2.58. The Morgan fingerprint density at radius 3 is 2.60 bits per heavy atom. The molecule has 0 spiro atoms. The lowest BCUT2D eigenvalue weighted by molar-refractivity contribution is -0.143. The third-order valence-electron chi connectivity index (χ3n) is 5.92. The number of benzene rings is 2. The van der Waals surface area contributed by atoms with E-state index < -0.39 is 5.54 Å². The number of fused-ring (bicyclic) bond motifs is 1. The summed E-state index contributed by atoms with van der Waals surface area (Å²) in [6, 6.07) is 18.0. The summed E-state index contributed by atoms with van der Waals surface area (Å²) in [5, 5.41) is 4.21. The molecule has 0 saturated carbocycles. The minimum Gasteiger partial charge on any atom is -0.361 e. The van der Waals surface area contributed by atoms with Gasteiger partial charge in [-0.1, -0.05) is 60.7 Å². The van der Waals surface area contributed by atoms with E-state index in [9.17, 15) is 9.59 Å². The number of amides is 2. The molecule has 4 rings (SSSR count). The third-order valence-corrected chi connectivity index (χ3v) is 5.92. The van der Waals surface area contributed by atoms with Crippen molar-refractivity contribution in [2.45, 2.75) is 38.3 Å². The maximum atomic E-state index is 13.1. The summed E-state index contributed by atoms with van der Waals surface area (Å²) in [6.45, 7) is 3.86. The molecule has 2 atom stereocenters. The molecule has 2 amide bonds. The monoisotopic (exact) mass is 401 g/mol. The van der Waals surface area contributed by atoms with Crippen LogP contribution < -0.4 is 5.32 Å². The van der Waals surface area contributed by atoms with Crippen LogP contribution in [0, 0.1) is 0 Å². The fourth-order valence-electron chi connectivity index (χ4n) is 4.40. The Kier molecular flexibility index (Phi) is 5.44. The average Bonchev–Trinajstić information content (AvgIpc) is 3.31. The van der Waals surface area contributed by atoms with Crippen LogP contribution in [0.25, 0.3) is 10.9 Å². The first kappa shape index (κ1) is 20.0. The number of nitrogens with zero attached hydrogens (tertiary/aromatic N) is 1. The smallest absolute Gasteiger partial charge is 0.249 e. The minimum atomic E-state index is -0.981. The zero-order chi connectivity index (χ0) is 21.1. The van der Waals surface area contributed by atoms with Gasteiger partial charge in [-0.15, -0.1) is 0 Å². The van der Waals surface area contributed by atoms with E-state index in [2.05, 4.69) is 16.4 Å². The number of carbonyl (C=O) groups excluding carboxylic acids is 2. The number of rotatable bonds is 6. The van der Waals surface area contributed by atoms with E-state index in [1.165, 1.54) is 17.9 Å². The molecule has 0 unspecified atom stereocenters. The first-order chi connectivity index (χ1) is 14.5. The Balaban J connectivity index is 1.43. The summed E-state index contributed by atoms with van der Waals surface area (Å²) in [6.07, 6.45) is 7.25. The van der Waals surface area contributed by atoms with Crippen LogP contribution in [0.1, 0.15) is 25.0 Å². The third kappa shape index (κ3) is 3.75. The standard InChI is InChI=1S/C25H27N3O2/c1-18(29)28-21(16-19-8-4-3-5-9-19)12-14-25(28,2)24(30)26-15-13-20-17-27-23-11-7-6-10-22(20)23/h3-12,14,17,21,27H,13,15-16H2,1-2H3,(H,26,30)/t21-,25+/m0/s1. The van der Waals surface area contributed by atoms with Crippen LogP contribution in [-0.2, 0) is 22.4 Å². The maximum Gasteiger partial charge on any atom is 0.249 e. The second kappa shape index (κ2) is 8.19. The molecule has 154 valence electrons. The Bertz CT molecular complexity index is 1090. The van der Waals surface area contributed by atoms with Gasteiger partial charge >= 0.3 is 0 Å². The van der Waals surface area contributed by atoms with Crippen LogP contribution in [0.5, 0.6) is 0 Å². The van der Waals surface area contributed by atoms with Crippen molar-refractivity contribution in [3.8, 4) is 0 Å². The van der Waals surface area contributed by atoms with Crippen molar-refractivity contribution in [3.63, 3.8) is 0 Å². The van der Waals surface area contributed by atoms with Gasteiger partial charge in [-0.05, 0) is 37.0 Å². The molecular formula is C25H27N3O2. The molecule has 0 radical (unpaired) electrons. The molecule has 5 heteroatoms. The molecule has 1 aliphatic rings. The molecule has 2 heterocycles. The predicted molar refractivity (Wildman–Crippen MR) is 119 cm³/mol. The molecule has 0 aliphatic carbocycles.